The number of methoxy groups -OCH3 is 1. The van der Waals surface area contributed by atoms with Crippen molar-refractivity contribution in [3.8, 4) is 11.5 Å². The minimum atomic E-state index is 0.0177. The Balaban J connectivity index is 1.69. The normalized spacial score (nSPS) is 18.7. The molecule has 1 amide bonds. The van der Waals surface area contributed by atoms with Crippen LogP contribution in [0, 0.1) is 0 Å². The fraction of sp³-hybridized carbons (Fsp3) is 0.636. The molecule has 0 heterocycles. The second-order valence-electron chi connectivity index (χ2n) is 7.70. The van der Waals surface area contributed by atoms with E-state index in [0.29, 0.717) is 29.1 Å². The lowest BCUT2D eigenvalue weighted by atomic mass is 9.88. The Kier molecular flexibility index (Phi) is 7.13. The molecule has 2 saturated carbocycles. The van der Waals surface area contributed by atoms with Gasteiger partial charge in [-0.15, -0.1) is 0 Å². The summed E-state index contributed by atoms with van der Waals surface area (Å²) in [6, 6.07) is 5.72. The molecule has 5 nitrogen and oxygen atoms in total. The Morgan fingerprint density at radius 2 is 1.59 bits per heavy atom. The van der Waals surface area contributed by atoms with E-state index in [0.717, 1.165) is 32.0 Å². The molecule has 3 rings (SSSR count). The number of rotatable bonds is 7. The zero-order valence-electron chi connectivity index (χ0n) is 16.3. The molecule has 2 fully saturated rings. The monoisotopic (exact) mass is 373 g/mol. The van der Waals surface area contributed by atoms with Gasteiger partial charge in [-0.1, -0.05) is 38.5 Å². The summed E-state index contributed by atoms with van der Waals surface area (Å²) in [5.74, 6) is 1.06. The summed E-state index contributed by atoms with van der Waals surface area (Å²) >= 11 is 0. The number of amides is 1. The molecule has 1 aromatic rings. The quantitative estimate of drug-likeness (QED) is 0.666. The molecule has 0 atom stereocenters. The number of benzene rings is 1. The second kappa shape index (κ2) is 9.77. The van der Waals surface area contributed by atoms with Gasteiger partial charge in [-0.25, -0.2) is 0 Å². The van der Waals surface area contributed by atoms with Crippen LogP contribution in [0.5, 0.6) is 11.5 Å². The van der Waals surface area contributed by atoms with Crippen LogP contribution in [0.25, 0.3) is 0 Å². The van der Waals surface area contributed by atoms with Crippen molar-refractivity contribution < 1.29 is 19.1 Å². The van der Waals surface area contributed by atoms with E-state index in [2.05, 4.69) is 4.90 Å². The number of hydrogen-bond acceptors (Lipinski definition) is 4. The molecule has 0 bridgehead atoms. The Labute approximate surface area is 162 Å². The minimum Gasteiger partial charge on any atom is -0.493 e. The molecule has 1 aromatic carbocycles. The summed E-state index contributed by atoms with van der Waals surface area (Å²) in [6.45, 7) is 0.0177. The molecule has 2 aliphatic carbocycles. The van der Waals surface area contributed by atoms with Crippen molar-refractivity contribution in [2.75, 3.05) is 13.7 Å². The lowest BCUT2D eigenvalue weighted by molar-refractivity contribution is -0.140. The van der Waals surface area contributed by atoms with Crippen LogP contribution >= 0.6 is 0 Å². The van der Waals surface area contributed by atoms with E-state index in [1.807, 2.05) is 0 Å². The summed E-state index contributed by atoms with van der Waals surface area (Å²) in [6.07, 6.45) is 12.6. The Bertz CT molecular complexity index is 615. The van der Waals surface area contributed by atoms with Crippen molar-refractivity contribution in [1.82, 2.24) is 4.90 Å². The first kappa shape index (κ1) is 19.7. The molecule has 0 saturated heterocycles. The average Bonchev–Trinajstić information content (AvgIpc) is 2.74. The molecule has 0 unspecified atom stereocenters. The van der Waals surface area contributed by atoms with E-state index < -0.39 is 0 Å². The molecule has 0 radical (unpaired) electrons. The fourth-order valence-corrected chi connectivity index (χ4v) is 4.51. The highest BCUT2D eigenvalue weighted by Gasteiger charge is 2.32. The van der Waals surface area contributed by atoms with Crippen LogP contribution in [0.2, 0.25) is 0 Å². The third-order valence-corrected chi connectivity index (χ3v) is 5.90. The predicted octanol–water partition coefficient (Wildman–Crippen LogP) is 4.38. The number of hydrogen-bond donors (Lipinski definition) is 0. The highest BCUT2D eigenvalue weighted by atomic mass is 16.5. The molecule has 5 heteroatoms. The molecule has 0 spiro atoms. The van der Waals surface area contributed by atoms with Crippen molar-refractivity contribution >= 4 is 12.2 Å². The van der Waals surface area contributed by atoms with Gasteiger partial charge in [-0.3, -0.25) is 9.59 Å². The molecular formula is C22H31NO4. The van der Waals surface area contributed by atoms with Crippen molar-refractivity contribution in [2.24, 2.45) is 0 Å². The van der Waals surface area contributed by atoms with E-state index in [-0.39, 0.29) is 12.5 Å². The summed E-state index contributed by atoms with van der Waals surface area (Å²) in [4.78, 5) is 26.2. The van der Waals surface area contributed by atoms with Gasteiger partial charge in [-0.05, 0) is 43.9 Å². The largest absolute Gasteiger partial charge is 0.493 e. The first-order chi connectivity index (χ1) is 13.2. The average molecular weight is 373 g/mol. The first-order valence-corrected chi connectivity index (χ1v) is 10.3. The lowest BCUT2D eigenvalue weighted by Gasteiger charge is -2.41. The highest BCUT2D eigenvalue weighted by Crippen LogP contribution is 2.31. The Morgan fingerprint density at radius 3 is 2.11 bits per heavy atom. The highest BCUT2D eigenvalue weighted by molar-refractivity contribution is 5.79. The third kappa shape index (κ3) is 5.02. The third-order valence-electron chi connectivity index (χ3n) is 5.90. The standard InChI is InChI=1S/C22H31NO4/c1-26-21-14-17(15-24)12-13-20(21)27-16-22(25)23(18-8-4-2-5-9-18)19-10-6-3-7-11-19/h12-15,18-19H,2-11,16H2,1H3. The maximum atomic E-state index is 13.1. The van der Waals surface area contributed by atoms with Gasteiger partial charge >= 0.3 is 0 Å². The Morgan fingerprint density at radius 1 is 1.00 bits per heavy atom. The van der Waals surface area contributed by atoms with Gasteiger partial charge in [0.05, 0.1) is 7.11 Å². The Hall–Kier alpha value is -2.04. The van der Waals surface area contributed by atoms with Crippen molar-refractivity contribution in [1.29, 1.82) is 0 Å². The summed E-state index contributed by atoms with van der Waals surface area (Å²) in [7, 11) is 1.54. The van der Waals surface area contributed by atoms with E-state index in [1.165, 1.54) is 45.6 Å². The van der Waals surface area contributed by atoms with Crippen LogP contribution in [-0.2, 0) is 4.79 Å². The minimum absolute atomic E-state index is 0.0177. The number of aldehydes is 1. The zero-order valence-corrected chi connectivity index (χ0v) is 16.3. The van der Waals surface area contributed by atoms with Gasteiger partial charge in [0, 0.05) is 17.6 Å². The van der Waals surface area contributed by atoms with Gasteiger partial charge in [-0.2, -0.15) is 0 Å². The van der Waals surface area contributed by atoms with Crippen molar-refractivity contribution in [3.63, 3.8) is 0 Å². The van der Waals surface area contributed by atoms with Crippen LogP contribution in [0.4, 0.5) is 0 Å². The number of carbonyl (C=O) groups excluding carboxylic acids is 2. The van der Waals surface area contributed by atoms with Crippen LogP contribution < -0.4 is 9.47 Å². The van der Waals surface area contributed by atoms with Gasteiger partial charge in [0.2, 0.25) is 0 Å². The van der Waals surface area contributed by atoms with Crippen LogP contribution in [0.15, 0.2) is 18.2 Å². The number of nitrogens with zero attached hydrogens (tertiary/aromatic N) is 1. The summed E-state index contributed by atoms with van der Waals surface area (Å²) in [5.41, 5.74) is 0.525. The number of carbonyl (C=O) groups is 2. The van der Waals surface area contributed by atoms with E-state index in [4.69, 9.17) is 9.47 Å². The topological polar surface area (TPSA) is 55.8 Å². The van der Waals surface area contributed by atoms with Crippen LogP contribution in [0.3, 0.4) is 0 Å². The van der Waals surface area contributed by atoms with Crippen molar-refractivity contribution in [2.45, 2.75) is 76.3 Å². The van der Waals surface area contributed by atoms with Gasteiger partial charge in [0.25, 0.3) is 5.91 Å². The van der Waals surface area contributed by atoms with E-state index in [1.54, 1.807) is 18.2 Å². The van der Waals surface area contributed by atoms with Crippen molar-refractivity contribution in [3.05, 3.63) is 23.8 Å². The molecule has 0 aliphatic heterocycles. The fourth-order valence-electron chi connectivity index (χ4n) is 4.51. The summed E-state index contributed by atoms with van der Waals surface area (Å²) < 4.78 is 11.1. The molecular weight excluding hydrogens is 342 g/mol. The molecule has 2 aliphatic rings. The van der Waals surface area contributed by atoms with E-state index in [9.17, 15) is 9.59 Å². The maximum Gasteiger partial charge on any atom is 0.261 e. The lowest BCUT2D eigenvalue weighted by Crippen LogP contribution is -2.50. The smallest absolute Gasteiger partial charge is 0.261 e. The second-order valence-corrected chi connectivity index (χ2v) is 7.70. The SMILES string of the molecule is COc1cc(C=O)ccc1OCC(=O)N(C1CCCCC1)C1CCCCC1. The molecule has 27 heavy (non-hydrogen) atoms. The van der Waals surface area contributed by atoms with Gasteiger partial charge in [0.15, 0.2) is 18.1 Å². The number of ether oxygens (including phenoxy) is 2. The first-order valence-electron chi connectivity index (χ1n) is 10.3. The molecule has 148 valence electrons. The van der Waals surface area contributed by atoms with Crippen LogP contribution in [0.1, 0.15) is 74.6 Å². The summed E-state index contributed by atoms with van der Waals surface area (Å²) in [5, 5.41) is 0. The van der Waals surface area contributed by atoms with E-state index >= 15 is 0 Å². The maximum absolute atomic E-state index is 13.1. The molecule has 0 N–H and O–H groups in total. The molecule has 0 aromatic heterocycles. The zero-order chi connectivity index (χ0) is 19.1. The van der Waals surface area contributed by atoms with Gasteiger partial charge in [0.1, 0.15) is 6.29 Å². The van der Waals surface area contributed by atoms with Crippen LogP contribution in [-0.4, -0.2) is 42.9 Å². The predicted molar refractivity (Wildman–Crippen MR) is 104 cm³/mol. The van der Waals surface area contributed by atoms with Gasteiger partial charge < -0.3 is 14.4 Å².